The van der Waals surface area contributed by atoms with Gasteiger partial charge >= 0.3 is 0 Å². The van der Waals surface area contributed by atoms with Gasteiger partial charge in [0.25, 0.3) is 0 Å². The van der Waals surface area contributed by atoms with E-state index in [0.717, 1.165) is 37.3 Å². The molecule has 2 heterocycles. The highest BCUT2D eigenvalue weighted by Gasteiger charge is 2.17. The first-order valence-electron chi connectivity index (χ1n) is 7.43. The lowest BCUT2D eigenvalue weighted by Gasteiger charge is -2.33. The molecule has 1 aliphatic heterocycles. The van der Waals surface area contributed by atoms with Gasteiger partial charge in [0.05, 0.1) is 6.20 Å². The van der Waals surface area contributed by atoms with Crippen LogP contribution in [0, 0.1) is 0 Å². The van der Waals surface area contributed by atoms with Crippen LogP contribution < -0.4 is 5.32 Å². The zero-order valence-electron chi connectivity index (χ0n) is 12.3. The van der Waals surface area contributed by atoms with Gasteiger partial charge in [-0.3, -0.25) is 9.88 Å². The van der Waals surface area contributed by atoms with Crippen molar-refractivity contribution in [1.82, 2.24) is 15.2 Å². The molecule has 0 saturated carbocycles. The summed E-state index contributed by atoms with van der Waals surface area (Å²) in [4.78, 5) is 6.53. The first-order valence-corrected chi connectivity index (χ1v) is 7.43. The summed E-state index contributed by atoms with van der Waals surface area (Å²) in [6, 6.07) is 10.7. The van der Waals surface area contributed by atoms with E-state index in [1.54, 1.807) is 12.3 Å². The largest absolute Gasteiger partial charge is 0.506 e. The number of hydrogen-bond donors (Lipinski definition) is 2. The number of aromatic hydroxyl groups is 1. The molecule has 21 heavy (non-hydrogen) atoms. The molecular formula is C17H21N3O. The molecule has 4 heteroatoms. The maximum Gasteiger partial charge on any atom is 0.134 e. The zero-order valence-corrected chi connectivity index (χ0v) is 12.3. The number of pyridine rings is 1. The van der Waals surface area contributed by atoms with E-state index in [4.69, 9.17) is 0 Å². The van der Waals surface area contributed by atoms with Gasteiger partial charge in [0.15, 0.2) is 0 Å². The van der Waals surface area contributed by atoms with Crippen molar-refractivity contribution >= 4 is 0 Å². The van der Waals surface area contributed by atoms with Gasteiger partial charge in [-0.05, 0) is 24.1 Å². The lowest BCUT2D eigenvalue weighted by Crippen LogP contribution is -2.44. The van der Waals surface area contributed by atoms with Crippen LogP contribution in [0.25, 0.3) is 11.1 Å². The molecule has 2 aromatic rings. The Balaban J connectivity index is 1.77. The Bertz CT molecular complexity index is 591. The predicted molar refractivity (Wildman–Crippen MR) is 84.2 cm³/mol. The molecular weight excluding hydrogens is 262 g/mol. The van der Waals surface area contributed by atoms with Gasteiger partial charge in [-0.2, -0.15) is 0 Å². The van der Waals surface area contributed by atoms with Crippen LogP contribution in [-0.4, -0.2) is 41.2 Å². The SMILES string of the molecule is CC(c1ccc(-c2cncc(O)c2)cc1)N1CCNCC1. The molecule has 110 valence electrons. The molecule has 1 atom stereocenters. The minimum absolute atomic E-state index is 0.200. The highest BCUT2D eigenvalue weighted by Crippen LogP contribution is 2.26. The molecule has 0 bridgehead atoms. The first-order chi connectivity index (χ1) is 10.2. The third-order valence-electron chi connectivity index (χ3n) is 4.15. The monoisotopic (exact) mass is 283 g/mol. The predicted octanol–water partition coefficient (Wildman–Crippen LogP) is 2.42. The smallest absolute Gasteiger partial charge is 0.134 e. The number of nitrogens with one attached hydrogen (secondary N) is 1. The number of nitrogens with zero attached hydrogens (tertiary/aromatic N) is 2. The number of aromatic nitrogens is 1. The van der Waals surface area contributed by atoms with Gasteiger partial charge in [0.1, 0.15) is 5.75 Å². The molecule has 4 nitrogen and oxygen atoms in total. The van der Waals surface area contributed by atoms with Crippen molar-refractivity contribution < 1.29 is 5.11 Å². The molecule has 1 saturated heterocycles. The number of rotatable bonds is 3. The van der Waals surface area contributed by atoms with Crippen LogP contribution in [0.2, 0.25) is 0 Å². The third kappa shape index (κ3) is 3.23. The van der Waals surface area contributed by atoms with Gasteiger partial charge in [-0.1, -0.05) is 24.3 Å². The zero-order chi connectivity index (χ0) is 14.7. The topological polar surface area (TPSA) is 48.4 Å². The van der Waals surface area contributed by atoms with Crippen LogP contribution in [0.3, 0.4) is 0 Å². The fourth-order valence-corrected chi connectivity index (χ4v) is 2.82. The highest BCUT2D eigenvalue weighted by molar-refractivity contribution is 5.64. The van der Waals surface area contributed by atoms with Gasteiger partial charge < -0.3 is 10.4 Å². The van der Waals surface area contributed by atoms with E-state index < -0.39 is 0 Å². The van der Waals surface area contributed by atoms with E-state index in [0.29, 0.717) is 6.04 Å². The van der Waals surface area contributed by atoms with E-state index in [9.17, 15) is 5.11 Å². The van der Waals surface area contributed by atoms with E-state index in [-0.39, 0.29) is 5.75 Å². The summed E-state index contributed by atoms with van der Waals surface area (Å²) in [5, 5.41) is 12.9. The molecule has 0 radical (unpaired) electrons. The van der Waals surface area contributed by atoms with Gasteiger partial charge in [0.2, 0.25) is 0 Å². The normalized spacial score (nSPS) is 17.6. The fraction of sp³-hybridized carbons (Fsp3) is 0.353. The summed E-state index contributed by atoms with van der Waals surface area (Å²) in [7, 11) is 0. The fourth-order valence-electron chi connectivity index (χ4n) is 2.82. The summed E-state index contributed by atoms with van der Waals surface area (Å²) in [5.41, 5.74) is 3.35. The Hall–Kier alpha value is -1.91. The van der Waals surface area contributed by atoms with Crippen LogP contribution in [-0.2, 0) is 0 Å². The Morgan fingerprint density at radius 1 is 1.10 bits per heavy atom. The molecule has 3 rings (SSSR count). The Kier molecular flexibility index (Phi) is 4.18. The number of piperazine rings is 1. The van der Waals surface area contributed by atoms with Crippen LogP contribution in [0.1, 0.15) is 18.5 Å². The molecule has 0 spiro atoms. The van der Waals surface area contributed by atoms with Crippen molar-refractivity contribution in [3.8, 4) is 16.9 Å². The molecule has 1 unspecified atom stereocenters. The average Bonchev–Trinajstić information content (AvgIpc) is 2.55. The van der Waals surface area contributed by atoms with Gasteiger partial charge in [-0.25, -0.2) is 0 Å². The third-order valence-corrected chi connectivity index (χ3v) is 4.15. The minimum Gasteiger partial charge on any atom is -0.506 e. The molecule has 0 aliphatic carbocycles. The lowest BCUT2D eigenvalue weighted by atomic mass is 10.0. The van der Waals surface area contributed by atoms with Crippen molar-refractivity contribution in [3.05, 3.63) is 48.3 Å². The van der Waals surface area contributed by atoms with Crippen molar-refractivity contribution in [3.63, 3.8) is 0 Å². The van der Waals surface area contributed by atoms with Crippen LogP contribution in [0.4, 0.5) is 0 Å². The maximum absolute atomic E-state index is 9.51. The van der Waals surface area contributed by atoms with E-state index in [2.05, 4.69) is 46.4 Å². The van der Waals surface area contributed by atoms with Gasteiger partial charge in [-0.15, -0.1) is 0 Å². The van der Waals surface area contributed by atoms with Crippen LogP contribution >= 0.6 is 0 Å². The van der Waals surface area contributed by atoms with Crippen molar-refractivity contribution in [2.75, 3.05) is 26.2 Å². The highest BCUT2D eigenvalue weighted by atomic mass is 16.3. The van der Waals surface area contributed by atoms with E-state index >= 15 is 0 Å². The molecule has 2 N–H and O–H groups in total. The van der Waals surface area contributed by atoms with Crippen molar-refractivity contribution in [2.45, 2.75) is 13.0 Å². The van der Waals surface area contributed by atoms with Crippen LogP contribution in [0.5, 0.6) is 5.75 Å². The summed E-state index contributed by atoms with van der Waals surface area (Å²) in [6.07, 6.45) is 3.22. The summed E-state index contributed by atoms with van der Waals surface area (Å²) in [6.45, 7) is 6.59. The van der Waals surface area contributed by atoms with Gasteiger partial charge in [0, 0.05) is 44.0 Å². The second kappa shape index (κ2) is 6.24. The van der Waals surface area contributed by atoms with E-state index in [1.807, 2.05) is 0 Å². The Labute approximate surface area is 125 Å². The Morgan fingerprint density at radius 2 is 1.81 bits per heavy atom. The quantitative estimate of drug-likeness (QED) is 0.908. The number of hydrogen-bond acceptors (Lipinski definition) is 4. The maximum atomic E-state index is 9.51. The average molecular weight is 283 g/mol. The summed E-state index contributed by atoms with van der Waals surface area (Å²) in [5.74, 6) is 0.200. The van der Waals surface area contributed by atoms with E-state index in [1.165, 1.54) is 11.8 Å². The second-order valence-corrected chi connectivity index (χ2v) is 5.52. The number of benzene rings is 1. The van der Waals surface area contributed by atoms with Crippen LogP contribution in [0.15, 0.2) is 42.7 Å². The standard InChI is InChI=1S/C17H21N3O/c1-13(20-8-6-18-7-9-20)14-2-4-15(5-3-14)16-10-17(21)12-19-11-16/h2-5,10-13,18,21H,6-9H2,1H3. The minimum atomic E-state index is 0.200. The second-order valence-electron chi connectivity index (χ2n) is 5.52. The molecule has 1 aromatic carbocycles. The molecule has 1 fully saturated rings. The summed E-state index contributed by atoms with van der Waals surface area (Å²) >= 11 is 0. The molecule has 1 aromatic heterocycles. The lowest BCUT2D eigenvalue weighted by molar-refractivity contribution is 0.185. The molecule has 1 aliphatic rings. The molecule has 0 amide bonds. The summed E-state index contributed by atoms with van der Waals surface area (Å²) < 4.78 is 0. The van der Waals surface area contributed by atoms with Crippen molar-refractivity contribution in [2.24, 2.45) is 0 Å². The van der Waals surface area contributed by atoms with Crippen molar-refractivity contribution in [1.29, 1.82) is 0 Å². The first kappa shape index (κ1) is 14.0. The Morgan fingerprint density at radius 3 is 2.48 bits per heavy atom.